The number of hydrogen-bond donors (Lipinski definition) is 1. The molecule has 1 N–H and O–H groups in total. The van der Waals surface area contributed by atoms with Crippen LogP contribution in [0, 0.1) is 0 Å². The molecule has 1 atom stereocenters. The van der Waals surface area contributed by atoms with Crippen molar-refractivity contribution in [2.45, 2.75) is 6.92 Å². The smallest absolute Gasteiger partial charge is 1.00 e. The van der Waals surface area contributed by atoms with Crippen LogP contribution < -0.4 is 51.4 Å². The SMILES string of the molecule is CC(=O)O.Cl.P.[AlH3].[H-].[K+]. The minimum atomic E-state index is -0.833. The van der Waals surface area contributed by atoms with E-state index in [4.69, 9.17) is 9.90 Å². The summed E-state index contributed by atoms with van der Waals surface area (Å²) in [6.07, 6.45) is 0. The van der Waals surface area contributed by atoms with Crippen LogP contribution in [0.3, 0.4) is 0 Å². The predicted molar refractivity (Wildman–Crippen MR) is 42.7 cm³/mol. The number of carboxylic acid groups (broad SMARTS) is 1. The average molecular weight is 201 g/mol. The largest absolute Gasteiger partial charge is 1.00 e. The van der Waals surface area contributed by atoms with Crippen molar-refractivity contribution in [3.63, 3.8) is 0 Å². The molecule has 0 bridgehead atoms. The molecular formula is C2H12AlClKO2P. The maximum Gasteiger partial charge on any atom is 1.00 e. The Morgan fingerprint density at radius 1 is 1.62 bits per heavy atom. The topological polar surface area (TPSA) is 37.3 Å². The van der Waals surface area contributed by atoms with E-state index in [2.05, 4.69) is 0 Å². The summed E-state index contributed by atoms with van der Waals surface area (Å²) >= 11 is 0. The monoisotopic (exact) mass is 200 g/mol. The second kappa shape index (κ2) is 22.8. The number of hydrogen-bond acceptors (Lipinski definition) is 1. The van der Waals surface area contributed by atoms with Crippen LogP contribution in [-0.4, -0.2) is 28.4 Å². The standard InChI is InChI=1S/C2H4O2.Al.ClH.K.H3P.4H/c1-2(3)4;;;;;;;;/h1H3,(H,3,4);;1H;;1H3;;;;/q;;;+1;;;;;-1. The van der Waals surface area contributed by atoms with E-state index in [1.165, 1.54) is 0 Å². The molecule has 0 fully saturated rings. The molecule has 8 heavy (non-hydrogen) atoms. The van der Waals surface area contributed by atoms with E-state index in [9.17, 15) is 0 Å². The molecule has 0 aliphatic carbocycles. The van der Waals surface area contributed by atoms with Gasteiger partial charge in [-0.2, -0.15) is 9.90 Å². The number of carbonyl (C=O) groups is 1. The van der Waals surface area contributed by atoms with Gasteiger partial charge in [0.25, 0.3) is 5.97 Å². The third kappa shape index (κ3) is 81.4. The van der Waals surface area contributed by atoms with Gasteiger partial charge in [-0.15, -0.1) is 12.4 Å². The van der Waals surface area contributed by atoms with Crippen molar-refractivity contribution in [2.75, 3.05) is 0 Å². The fourth-order valence-electron chi connectivity index (χ4n) is 0. The Bertz CT molecular complexity index is 47.5. The Hall–Kier alpha value is 2.36. The molecule has 48 valence electrons. The minimum Gasteiger partial charge on any atom is -1.00 e. The van der Waals surface area contributed by atoms with Crippen LogP contribution in [-0.2, 0) is 4.79 Å². The Balaban J connectivity index is -0.00000000450. The van der Waals surface area contributed by atoms with Gasteiger partial charge in [0.2, 0.25) is 0 Å². The molecule has 0 radical (unpaired) electrons. The van der Waals surface area contributed by atoms with E-state index in [0.717, 1.165) is 6.92 Å². The minimum absolute atomic E-state index is 0. The first kappa shape index (κ1) is 31.6. The van der Waals surface area contributed by atoms with Gasteiger partial charge in [-0.05, 0) is 0 Å². The van der Waals surface area contributed by atoms with Crippen molar-refractivity contribution in [1.82, 2.24) is 0 Å². The maximum absolute atomic E-state index is 9.00. The van der Waals surface area contributed by atoms with Gasteiger partial charge in [0, 0.05) is 6.92 Å². The van der Waals surface area contributed by atoms with Gasteiger partial charge in [-0.3, -0.25) is 4.79 Å². The summed E-state index contributed by atoms with van der Waals surface area (Å²) < 4.78 is 0. The van der Waals surface area contributed by atoms with Crippen LogP contribution in [0.4, 0.5) is 0 Å². The van der Waals surface area contributed by atoms with Crippen molar-refractivity contribution in [3.05, 3.63) is 0 Å². The summed E-state index contributed by atoms with van der Waals surface area (Å²) in [5.41, 5.74) is 0. The van der Waals surface area contributed by atoms with E-state index in [1.807, 2.05) is 0 Å². The molecule has 0 spiro atoms. The number of halogens is 1. The van der Waals surface area contributed by atoms with Crippen LogP contribution in [0.1, 0.15) is 8.35 Å². The summed E-state index contributed by atoms with van der Waals surface area (Å²) in [6.45, 7) is 1.08. The van der Waals surface area contributed by atoms with Crippen molar-refractivity contribution in [1.29, 1.82) is 0 Å². The van der Waals surface area contributed by atoms with Gasteiger partial charge in [0.1, 0.15) is 0 Å². The summed E-state index contributed by atoms with van der Waals surface area (Å²) in [5, 5.41) is 7.42. The molecule has 0 heterocycles. The zero-order chi connectivity index (χ0) is 3.58. The summed E-state index contributed by atoms with van der Waals surface area (Å²) in [5.74, 6) is -0.833. The van der Waals surface area contributed by atoms with Crippen LogP contribution in [0.2, 0.25) is 0 Å². The Morgan fingerprint density at radius 3 is 1.62 bits per heavy atom. The first-order valence-corrected chi connectivity index (χ1v) is 0.928. The number of rotatable bonds is 0. The van der Waals surface area contributed by atoms with Crippen molar-refractivity contribution in [3.8, 4) is 0 Å². The van der Waals surface area contributed by atoms with E-state index in [0.29, 0.717) is 0 Å². The predicted octanol–water partition coefficient (Wildman–Crippen LogP) is -3.50. The van der Waals surface area contributed by atoms with E-state index >= 15 is 0 Å². The Labute approximate surface area is 113 Å². The molecular weight excluding hydrogens is 189 g/mol. The van der Waals surface area contributed by atoms with Crippen molar-refractivity contribution < 1.29 is 62.7 Å². The molecule has 0 amide bonds. The van der Waals surface area contributed by atoms with E-state index in [1.54, 1.807) is 0 Å². The quantitative estimate of drug-likeness (QED) is 0.326. The van der Waals surface area contributed by atoms with E-state index < -0.39 is 5.97 Å². The van der Waals surface area contributed by atoms with Crippen LogP contribution in [0.5, 0.6) is 0 Å². The zero-order valence-corrected chi connectivity index (χ0v) is 9.82. The molecule has 0 saturated heterocycles. The molecule has 0 aromatic carbocycles. The van der Waals surface area contributed by atoms with Crippen molar-refractivity contribution in [2.24, 2.45) is 0 Å². The third-order valence-electron chi connectivity index (χ3n) is 0. The molecule has 0 aromatic heterocycles. The van der Waals surface area contributed by atoms with Crippen LogP contribution in [0.25, 0.3) is 0 Å². The van der Waals surface area contributed by atoms with Gasteiger partial charge in [0.05, 0.1) is 0 Å². The normalized spacial score (nSPS) is 3.12. The van der Waals surface area contributed by atoms with Gasteiger partial charge >= 0.3 is 51.4 Å². The second-order valence-electron chi connectivity index (χ2n) is 0.519. The molecule has 1 unspecified atom stereocenters. The van der Waals surface area contributed by atoms with Crippen LogP contribution in [0.15, 0.2) is 0 Å². The first-order chi connectivity index (χ1) is 1.73. The molecule has 0 aliphatic rings. The van der Waals surface area contributed by atoms with Gasteiger partial charge in [-0.1, -0.05) is 0 Å². The molecule has 0 aliphatic heterocycles. The van der Waals surface area contributed by atoms with E-state index in [-0.39, 0.29) is 92.5 Å². The number of aliphatic carboxylic acids is 1. The number of carboxylic acids is 1. The second-order valence-corrected chi connectivity index (χ2v) is 0.519. The summed E-state index contributed by atoms with van der Waals surface area (Å²) in [6, 6.07) is 0. The maximum atomic E-state index is 9.00. The summed E-state index contributed by atoms with van der Waals surface area (Å²) in [4.78, 5) is 9.00. The van der Waals surface area contributed by atoms with Gasteiger partial charge < -0.3 is 6.53 Å². The van der Waals surface area contributed by atoms with Crippen LogP contribution >= 0.6 is 22.3 Å². The van der Waals surface area contributed by atoms with Gasteiger partial charge in [-0.25, -0.2) is 0 Å². The molecule has 0 aromatic rings. The molecule has 6 heteroatoms. The zero-order valence-electron chi connectivity index (χ0n) is 5.47. The first-order valence-electron chi connectivity index (χ1n) is 0.928. The molecule has 0 saturated carbocycles. The van der Waals surface area contributed by atoms with Crippen molar-refractivity contribution >= 4 is 45.6 Å². The fraction of sp³-hybridized carbons (Fsp3) is 0.500. The van der Waals surface area contributed by atoms with Gasteiger partial charge in [0.15, 0.2) is 17.4 Å². The Morgan fingerprint density at radius 2 is 1.62 bits per heavy atom. The molecule has 0 rings (SSSR count). The Kier molecular flexibility index (Phi) is 89.9. The molecule has 2 nitrogen and oxygen atoms in total. The fourth-order valence-corrected chi connectivity index (χ4v) is 0. The third-order valence-corrected chi connectivity index (χ3v) is 0. The average Bonchev–Trinajstić information content (AvgIpc) is 0.811. The summed E-state index contributed by atoms with van der Waals surface area (Å²) in [7, 11) is 0.